The van der Waals surface area contributed by atoms with Crippen molar-refractivity contribution in [2.75, 3.05) is 17.7 Å². The standard InChI is InChI=1S/C18H16F3NO4S/c19-12-1-7-15(8-2-12)27-10-9-17(24)25-11-16(23)22-13-3-5-14(6-4-13)26-18(20)21/h1-8,18H,9-11H2,(H,22,23). The number of esters is 1. The van der Waals surface area contributed by atoms with Crippen molar-refractivity contribution in [1.82, 2.24) is 0 Å². The Labute approximate surface area is 157 Å². The minimum absolute atomic E-state index is 0.0342. The molecule has 9 heteroatoms. The van der Waals surface area contributed by atoms with Gasteiger partial charge in [-0.1, -0.05) is 0 Å². The van der Waals surface area contributed by atoms with Gasteiger partial charge in [0.2, 0.25) is 0 Å². The van der Waals surface area contributed by atoms with E-state index in [0.717, 1.165) is 4.90 Å². The SMILES string of the molecule is O=C(COC(=O)CCSc1ccc(F)cc1)Nc1ccc(OC(F)F)cc1. The molecule has 1 N–H and O–H groups in total. The summed E-state index contributed by atoms with van der Waals surface area (Å²) in [7, 11) is 0. The summed E-state index contributed by atoms with van der Waals surface area (Å²) in [5.74, 6) is -1.04. The number of thioether (sulfide) groups is 1. The number of nitrogens with one attached hydrogen (secondary N) is 1. The lowest BCUT2D eigenvalue weighted by Crippen LogP contribution is -2.21. The summed E-state index contributed by atoms with van der Waals surface area (Å²) >= 11 is 1.37. The first-order chi connectivity index (χ1) is 12.9. The first-order valence-electron chi connectivity index (χ1n) is 7.81. The Kier molecular flexibility index (Phi) is 8.00. The zero-order valence-electron chi connectivity index (χ0n) is 14.0. The van der Waals surface area contributed by atoms with Crippen LogP contribution < -0.4 is 10.1 Å². The molecular weight excluding hydrogens is 383 g/mol. The van der Waals surface area contributed by atoms with Crippen molar-refractivity contribution in [1.29, 1.82) is 0 Å². The molecule has 0 saturated carbocycles. The van der Waals surface area contributed by atoms with E-state index in [2.05, 4.69) is 10.1 Å². The molecule has 2 aromatic carbocycles. The third-order valence-corrected chi connectivity index (χ3v) is 4.13. The maximum absolute atomic E-state index is 12.8. The van der Waals surface area contributed by atoms with E-state index in [9.17, 15) is 22.8 Å². The van der Waals surface area contributed by atoms with Crippen molar-refractivity contribution in [3.05, 3.63) is 54.3 Å². The Balaban J connectivity index is 1.65. The number of halogens is 3. The average Bonchev–Trinajstić information content (AvgIpc) is 2.63. The molecule has 5 nitrogen and oxygen atoms in total. The van der Waals surface area contributed by atoms with Gasteiger partial charge >= 0.3 is 12.6 Å². The van der Waals surface area contributed by atoms with Gasteiger partial charge in [0, 0.05) is 16.3 Å². The van der Waals surface area contributed by atoms with Crippen LogP contribution in [0.5, 0.6) is 5.75 Å². The molecule has 0 spiro atoms. The number of hydrogen-bond donors (Lipinski definition) is 1. The van der Waals surface area contributed by atoms with Gasteiger partial charge < -0.3 is 14.8 Å². The highest BCUT2D eigenvalue weighted by atomic mass is 32.2. The smallest absolute Gasteiger partial charge is 0.387 e. The lowest BCUT2D eigenvalue weighted by atomic mass is 10.3. The third-order valence-electron chi connectivity index (χ3n) is 3.12. The molecular formula is C18H16F3NO4S. The summed E-state index contributed by atoms with van der Waals surface area (Å²) in [6.07, 6.45) is 0.0922. The predicted molar refractivity (Wildman–Crippen MR) is 94.4 cm³/mol. The fraction of sp³-hybridized carbons (Fsp3) is 0.222. The molecule has 0 bridgehead atoms. The van der Waals surface area contributed by atoms with Gasteiger partial charge in [-0.25, -0.2) is 4.39 Å². The Bertz CT molecular complexity index is 754. The Morgan fingerprint density at radius 2 is 1.70 bits per heavy atom. The van der Waals surface area contributed by atoms with Crippen LogP contribution in [0.2, 0.25) is 0 Å². The topological polar surface area (TPSA) is 64.6 Å². The quantitative estimate of drug-likeness (QED) is 0.508. The lowest BCUT2D eigenvalue weighted by Gasteiger charge is -2.08. The molecule has 0 aliphatic carbocycles. The average molecular weight is 399 g/mol. The van der Waals surface area contributed by atoms with Gasteiger partial charge in [0.25, 0.3) is 5.91 Å². The number of hydrogen-bond acceptors (Lipinski definition) is 5. The van der Waals surface area contributed by atoms with Crippen molar-refractivity contribution in [3.8, 4) is 5.75 Å². The summed E-state index contributed by atoms with van der Waals surface area (Å²) in [5.41, 5.74) is 0.351. The summed E-state index contributed by atoms with van der Waals surface area (Å²) in [5, 5.41) is 2.47. The number of carbonyl (C=O) groups is 2. The largest absolute Gasteiger partial charge is 0.456 e. The predicted octanol–water partition coefficient (Wildman–Crippen LogP) is 4.09. The van der Waals surface area contributed by atoms with E-state index >= 15 is 0 Å². The van der Waals surface area contributed by atoms with Gasteiger partial charge in [-0.3, -0.25) is 9.59 Å². The fourth-order valence-electron chi connectivity index (χ4n) is 1.92. The maximum atomic E-state index is 12.8. The van der Waals surface area contributed by atoms with Crippen molar-refractivity contribution in [3.63, 3.8) is 0 Å². The number of amides is 1. The molecule has 1 amide bonds. The van der Waals surface area contributed by atoms with Crippen LogP contribution in [0.1, 0.15) is 6.42 Å². The minimum atomic E-state index is -2.92. The second-order valence-electron chi connectivity index (χ2n) is 5.16. The van der Waals surface area contributed by atoms with Crippen LogP contribution >= 0.6 is 11.8 Å². The van der Waals surface area contributed by atoms with E-state index < -0.39 is 25.1 Å². The Hall–Kier alpha value is -2.68. The summed E-state index contributed by atoms with van der Waals surface area (Å²) in [6.45, 7) is -3.39. The van der Waals surface area contributed by atoms with Gasteiger partial charge in [0.15, 0.2) is 6.61 Å². The van der Waals surface area contributed by atoms with Crippen LogP contribution in [0.3, 0.4) is 0 Å². The summed E-state index contributed by atoms with van der Waals surface area (Å²) in [6, 6.07) is 11.2. The van der Waals surface area contributed by atoms with Crippen molar-refractivity contribution in [2.45, 2.75) is 17.9 Å². The van der Waals surface area contributed by atoms with Crippen molar-refractivity contribution < 1.29 is 32.2 Å². The van der Waals surface area contributed by atoms with Gasteiger partial charge in [0.1, 0.15) is 11.6 Å². The second-order valence-corrected chi connectivity index (χ2v) is 6.33. The van der Waals surface area contributed by atoms with Crippen LogP contribution in [0, 0.1) is 5.82 Å². The van der Waals surface area contributed by atoms with E-state index in [4.69, 9.17) is 4.74 Å². The Morgan fingerprint density at radius 3 is 2.33 bits per heavy atom. The van der Waals surface area contributed by atoms with Gasteiger partial charge in [-0.15, -0.1) is 11.8 Å². The second kappa shape index (κ2) is 10.5. The first kappa shape index (κ1) is 20.6. The molecule has 0 heterocycles. The van der Waals surface area contributed by atoms with E-state index in [0.29, 0.717) is 11.4 Å². The molecule has 144 valence electrons. The molecule has 0 radical (unpaired) electrons. The summed E-state index contributed by atoms with van der Waals surface area (Å²) in [4.78, 5) is 24.2. The number of carbonyl (C=O) groups excluding carboxylic acids is 2. The molecule has 0 aliphatic heterocycles. The molecule has 0 atom stereocenters. The molecule has 0 aromatic heterocycles. The van der Waals surface area contributed by atoms with Gasteiger partial charge in [-0.05, 0) is 48.5 Å². The van der Waals surface area contributed by atoms with Gasteiger partial charge in [0.05, 0.1) is 6.42 Å². The van der Waals surface area contributed by atoms with E-state index in [1.165, 1.54) is 48.2 Å². The molecule has 2 aromatic rings. The van der Waals surface area contributed by atoms with Crippen molar-refractivity contribution in [2.24, 2.45) is 0 Å². The summed E-state index contributed by atoms with van der Waals surface area (Å²) < 4.78 is 45.9. The lowest BCUT2D eigenvalue weighted by molar-refractivity contribution is -0.146. The van der Waals surface area contributed by atoms with E-state index in [1.54, 1.807) is 12.1 Å². The third kappa shape index (κ3) is 8.04. The number of ether oxygens (including phenoxy) is 2. The number of rotatable bonds is 9. The van der Waals surface area contributed by atoms with Crippen molar-refractivity contribution >= 4 is 29.3 Å². The monoisotopic (exact) mass is 399 g/mol. The van der Waals surface area contributed by atoms with Crippen LogP contribution in [-0.4, -0.2) is 30.8 Å². The normalized spacial score (nSPS) is 10.5. The molecule has 0 fully saturated rings. The van der Waals surface area contributed by atoms with E-state index in [1.807, 2.05) is 0 Å². The molecule has 0 aliphatic rings. The number of anilines is 1. The van der Waals surface area contributed by atoms with Gasteiger partial charge in [-0.2, -0.15) is 8.78 Å². The molecule has 0 saturated heterocycles. The maximum Gasteiger partial charge on any atom is 0.387 e. The first-order valence-corrected chi connectivity index (χ1v) is 8.79. The van der Waals surface area contributed by atoms with Crippen LogP contribution in [0.15, 0.2) is 53.4 Å². The van der Waals surface area contributed by atoms with Crippen LogP contribution in [0.4, 0.5) is 18.9 Å². The molecule has 0 unspecified atom stereocenters. The number of alkyl halides is 2. The fourth-order valence-corrected chi connectivity index (χ4v) is 2.75. The molecule has 27 heavy (non-hydrogen) atoms. The highest BCUT2D eigenvalue weighted by Crippen LogP contribution is 2.19. The molecule has 2 rings (SSSR count). The Morgan fingerprint density at radius 1 is 1.04 bits per heavy atom. The van der Waals surface area contributed by atoms with Crippen LogP contribution in [0.25, 0.3) is 0 Å². The highest BCUT2D eigenvalue weighted by Gasteiger charge is 2.09. The van der Waals surface area contributed by atoms with E-state index in [-0.39, 0.29) is 18.0 Å². The zero-order valence-corrected chi connectivity index (χ0v) is 14.8. The number of benzene rings is 2. The van der Waals surface area contributed by atoms with Crippen LogP contribution in [-0.2, 0) is 14.3 Å². The zero-order chi connectivity index (χ0) is 19.6. The highest BCUT2D eigenvalue weighted by molar-refractivity contribution is 7.99. The minimum Gasteiger partial charge on any atom is -0.456 e.